The number of hydrogen-bond donors (Lipinski definition) is 2. The van der Waals surface area contributed by atoms with Gasteiger partial charge < -0.3 is 15.5 Å². The number of benzene rings is 2. The van der Waals surface area contributed by atoms with Crippen LogP contribution in [0.2, 0.25) is 0 Å². The summed E-state index contributed by atoms with van der Waals surface area (Å²) in [5.74, 6) is -1.48. The van der Waals surface area contributed by atoms with Gasteiger partial charge in [-0.1, -0.05) is 6.07 Å². The summed E-state index contributed by atoms with van der Waals surface area (Å²) in [6, 6.07) is 7.93. The van der Waals surface area contributed by atoms with Crippen LogP contribution < -0.4 is 11.1 Å². The van der Waals surface area contributed by atoms with Gasteiger partial charge in [-0.3, -0.25) is 14.9 Å². The quantitative estimate of drug-likeness (QED) is 0.422. The Hall–Kier alpha value is -3.82. The molecule has 9 nitrogen and oxygen atoms in total. The third kappa shape index (κ3) is 3.27. The second kappa shape index (κ2) is 6.35. The van der Waals surface area contributed by atoms with Crippen molar-refractivity contribution in [1.82, 2.24) is 10.2 Å². The van der Waals surface area contributed by atoms with E-state index in [1.807, 2.05) is 0 Å². The molecule has 0 bridgehead atoms. The molecule has 3 rings (SSSR count). The molecule has 1 heterocycles. The molecule has 0 saturated heterocycles. The van der Waals surface area contributed by atoms with Crippen molar-refractivity contribution in [3.8, 4) is 11.5 Å². The van der Waals surface area contributed by atoms with Crippen LogP contribution in [0.3, 0.4) is 0 Å². The van der Waals surface area contributed by atoms with Crippen LogP contribution in [0.1, 0.15) is 10.4 Å². The molecule has 0 aliphatic rings. The summed E-state index contributed by atoms with van der Waals surface area (Å²) in [5.41, 5.74) is 5.07. The highest BCUT2D eigenvalue weighted by Crippen LogP contribution is 2.28. The van der Waals surface area contributed by atoms with E-state index in [0.29, 0.717) is 17.3 Å². The number of nitrogens with one attached hydrogen (secondary N) is 1. The highest BCUT2D eigenvalue weighted by molar-refractivity contribution is 6.09. The second-order valence-electron chi connectivity index (χ2n) is 4.92. The number of aromatic nitrogens is 2. The van der Waals surface area contributed by atoms with Crippen molar-refractivity contribution in [2.45, 2.75) is 0 Å². The van der Waals surface area contributed by atoms with Crippen molar-refractivity contribution in [3.05, 3.63) is 64.3 Å². The predicted molar refractivity (Wildman–Crippen MR) is 85.2 cm³/mol. The first kappa shape index (κ1) is 16.1. The SMILES string of the molecule is Nc1c(C(=O)Nc2cccc(-c3nnco3)c2)cc(F)cc1[N+](=O)[O-]. The zero-order valence-electron chi connectivity index (χ0n) is 12.5. The molecular weight excluding hydrogens is 333 g/mol. The van der Waals surface area contributed by atoms with E-state index in [0.717, 1.165) is 12.5 Å². The summed E-state index contributed by atoms with van der Waals surface area (Å²) < 4.78 is 18.6. The molecule has 0 aliphatic heterocycles. The Kier molecular flexibility index (Phi) is 4.08. The molecule has 3 N–H and O–H groups in total. The van der Waals surface area contributed by atoms with Crippen LogP contribution in [-0.4, -0.2) is 21.0 Å². The van der Waals surface area contributed by atoms with Crippen molar-refractivity contribution >= 4 is 23.0 Å². The predicted octanol–water partition coefficient (Wildman–Crippen LogP) is 2.62. The van der Waals surface area contributed by atoms with Gasteiger partial charge in [-0.15, -0.1) is 10.2 Å². The number of hydrogen-bond acceptors (Lipinski definition) is 7. The van der Waals surface area contributed by atoms with Crippen LogP contribution in [0.15, 0.2) is 47.2 Å². The Bertz CT molecular complexity index is 959. The van der Waals surface area contributed by atoms with E-state index in [1.54, 1.807) is 24.3 Å². The van der Waals surface area contributed by atoms with Crippen LogP contribution >= 0.6 is 0 Å². The molecule has 1 amide bonds. The Balaban J connectivity index is 1.91. The van der Waals surface area contributed by atoms with Crippen LogP contribution in [-0.2, 0) is 0 Å². The van der Waals surface area contributed by atoms with E-state index in [-0.39, 0.29) is 11.5 Å². The van der Waals surface area contributed by atoms with Crippen molar-refractivity contribution in [2.75, 3.05) is 11.1 Å². The number of carbonyl (C=O) groups is 1. The molecule has 3 aromatic rings. The number of amides is 1. The number of nitrogens with zero attached hydrogens (tertiary/aromatic N) is 3. The van der Waals surface area contributed by atoms with Crippen LogP contribution in [0.5, 0.6) is 0 Å². The van der Waals surface area contributed by atoms with E-state index in [4.69, 9.17) is 10.2 Å². The standard InChI is InChI=1S/C15H10FN5O4/c16-9-5-11(13(17)12(6-9)21(23)24)14(22)19-10-3-1-2-8(4-10)15-20-18-7-25-15/h1-7H,17H2,(H,19,22). The van der Waals surface area contributed by atoms with Crippen molar-refractivity contribution in [3.63, 3.8) is 0 Å². The average molecular weight is 343 g/mol. The van der Waals surface area contributed by atoms with E-state index >= 15 is 0 Å². The lowest BCUT2D eigenvalue weighted by molar-refractivity contribution is -0.384. The van der Waals surface area contributed by atoms with Crippen LogP contribution in [0.25, 0.3) is 11.5 Å². The first-order valence-corrected chi connectivity index (χ1v) is 6.87. The number of nitro benzene ring substituents is 1. The zero-order chi connectivity index (χ0) is 18.0. The van der Waals surface area contributed by atoms with E-state index in [2.05, 4.69) is 15.5 Å². The first-order chi connectivity index (χ1) is 12.0. The molecule has 0 radical (unpaired) electrons. The smallest absolute Gasteiger partial charge is 0.295 e. The summed E-state index contributed by atoms with van der Waals surface area (Å²) >= 11 is 0. The van der Waals surface area contributed by atoms with Gasteiger partial charge in [0.05, 0.1) is 16.6 Å². The van der Waals surface area contributed by atoms with E-state index < -0.39 is 28.0 Å². The average Bonchev–Trinajstić information content (AvgIpc) is 3.11. The van der Waals surface area contributed by atoms with Gasteiger partial charge >= 0.3 is 0 Å². The molecule has 25 heavy (non-hydrogen) atoms. The molecule has 2 aromatic carbocycles. The number of nitrogens with two attached hydrogens (primary N) is 1. The summed E-state index contributed by atoms with van der Waals surface area (Å²) in [6.45, 7) is 0. The number of nitro groups is 1. The van der Waals surface area contributed by atoms with E-state index in [1.165, 1.54) is 0 Å². The molecule has 126 valence electrons. The number of anilines is 2. The maximum absolute atomic E-state index is 13.5. The topological polar surface area (TPSA) is 137 Å². The minimum atomic E-state index is -0.939. The monoisotopic (exact) mass is 343 g/mol. The maximum Gasteiger partial charge on any atom is 0.295 e. The number of rotatable bonds is 4. The van der Waals surface area contributed by atoms with Gasteiger partial charge in [-0.25, -0.2) is 4.39 Å². The fourth-order valence-electron chi connectivity index (χ4n) is 2.17. The van der Waals surface area contributed by atoms with Gasteiger partial charge in [-0.05, 0) is 24.3 Å². The summed E-state index contributed by atoms with van der Waals surface area (Å²) in [6.07, 6.45) is 1.16. The van der Waals surface area contributed by atoms with Crippen molar-refractivity contribution < 1.29 is 18.5 Å². The van der Waals surface area contributed by atoms with Crippen molar-refractivity contribution in [2.24, 2.45) is 0 Å². The summed E-state index contributed by atoms with van der Waals surface area (Å²) in [5, 5.41) is 20.7. The largest absolute Gasteiger partial charge is 0.423 e. The minimum Gasteiger partial charge on any atom is -0.423 e. The van der Waals surface area contributed by atoms with Gasteiger partial charge in [0.25, 0.3) is 11.6 Å². The van der Waals surface area contributed by atoms with Gasteiger partial charge in [0.1, 0.15) is 11.5 Å². The Morgan fingerprint density at radius 3 is 2.80 bits per heavy atom. The lowest BCUT2D eigenvalue weighted by Crippen LogP contribution is -2.15. The summed E-state index contributed by atoms with van der Waals surface area (Å²) in [4.78, 5) is 22.4. The highest BCUT2D eigenvalue weighted by Gasteiger charge is 2.22. The third-order valence-corrected chi connectivity index (χ3v) is 3.29. The normalized spacial score (nSPS) is 10.4. The molecule has 0 fully saturated rings. The van der Waals surface area contributed by atoms with Gasteiger partial charge in [0, 0.05) is 11.3 Å². The minimum absolute atomic E-state index is 0.247. The Labute approximate surface area is 139 Å². The molecule has 0 aliphatic carbocycles. The van der Waals surface area contributed by atoms with Gasteiger partial charge in [-0.2, -0.15) is 0 Å². The first-order valence-electron chi connectivity index (χ1n) is 6.87. The molecule has 0 saturated carbocycles. The molecule has 1 aromatic heterocycles. The maximum atomic E-state index is 13.5. The fourth-order valence-corrected chi connectivity index (χ4v) is 2.17. The lowest BCUT2D eigenvalue weighted by atomic mass is 10.1. The second-order valence-corrected chi connectivity index (χ2v) is 4.92. The van der Waals surface area contributed by atoms with E-state index in [9.17, 15) is 19.3 Å². The third-order valence-electron chi connectivity index (χ3n) is 3.29. The zero-order valence-corrected chi connectivity index (χ0v) is 12.5. The molecule has 0 spiro atoms. The number of nitrogen functional groups attached to an aromatic ring is 1. The van der Waals surface area contributed by atoms with Crippen LogP contribution in [0.4, 0.5) is 21.5 Å². The fraction of sp³-hybridized carbons (Fsp3) is 0. The van der Waals surface area contributed by atoms with Gasteiger partial charge in [0.2, 0.25) is 12.3 Å². The summed E-state index contributed by atoms with van der Waals surface area (Å²) in [7, 11) is 0. The Morgan fingerprint density at radius 1 is 1.32 bits per heavy atom. The van der Waals surface area contributed by atoms with Crippen molar-refractivity contribution in [1.29, 1.82) is 0 Å². The Morgan fingerprint density at radius 2 is 2.12 bits per heavy atom. The highest BCUT2D eigenvalue weighted by atomic mass is 19.1. The molecule has 0 unspecified atom stereocenters. The van der Waals surface area contributed by atoms with Gasteiger partial charge in [0.15, 0.2) is 0 Å². The van der Waals surface area contributed by atoms with Crippen LogP contribution in [0, 0.1) is 15.9 Å². The lowest BCUT2D eigenvalue weighted by Gasteiger charge is -2.09. The molecule has 10 heteroatoms. The number of carbonyl (C=O) groups excluding carboxylic acids is 1. The molecule has 0 atom stereocenters. The number of halogens is 1. The molecular formula is C15H10FN5O4.